The molecule has 0 aromatic heterocycles. The van der Waals surface area contributed by atoms with Gasteiger partial charge in [0.25, 0.3) is 0 Å². The largest absolute Gasteiger partial charge is 0.353 e. The molecule has 0 aliphatic heterocycles. The fourth-order valence-electron chi connectivity index (χ4n) is 0.456. The second-order valence-corrected chi connectivity index (χ2v) is 2.38. The van der Waals surface area contributed by atoms with Crippen molar-refractivity contribution < 1.29 is 4.79 Å². The molecular weight excluding hydrogens is 164 g/mol. The van der Waals surface area contributed by atoms with E-state index >= 15 is 0 Å². The maximum atomic E-state index is 10.8. The van der Waals surface area contributed by atoms with E-state index in [9.17, 15) is 4.79 Å². The summed E-state index contributed by atoms with van der Waals surface area (Å²) in [5.74, 6) is -0.211. The van der Waals surface area contributed by atoms with Gasteiger partial charge in [0.2, 0.25) is 5.91 Å². The van der Waals surface area contributed by atoms with Gasteiger partial charge < -0.3 is 5.32 Å². The van der Waals surface area contributed by atoms with Crippen molar-refractivity contribution in [1.82, 2.24) is 5.32 Å². The van der Waals surface area contributed by atoms with E-state index < -0.39 is 0 Å². The Balaban J connectivity index is 3.60. The molecule has 0 radical (unpaired) electrons. The molecule has 0 spiro atoms. The number of halogens is 1. The Kier molecular flexibility index (Phi) is 5.47. The van der Waals surface area contributed by atoms with Crippen molar-refractivity contribution in [2.45, 2.75) is 13.3 Å². The summed E-state index contributed by atoms with van der Waals surface area (Å²) < 4.78 is 0. The summed E-state index contributed by atoms with van der Waals surface area (Å²) in [6.45, 7) is 2.62. The normalized spacial score (nSPS) is 10.0. The Morgan fingerprint density at radius 3 is 2.73 bits per heavy atom. The molecule has 0 fully saturated rings. The third-order valence-electron chi connectivity index (χ3n) is 0.930. The highest BCUT2D eigenvalue weighted by molar-refractivity contribution is 6.67. The molecule has 0 bridgehead atoms. The quantitative estimate of drug-likeness (QED) is 0.490. The van der Waals surface area contributed by atoms with Crippen molar-refractivity contribution in [3.05, 3.63) is 12.2 Å². The fraction of sp³-hybridized carbons (Fsp3) is 0.429. The maximum Gasteiger partial charge on any atom is 0.244 e. The zero-order valence-corrected chi connectivity index (χ0v) is 7.11. The lowest BCUT2D eigenvalue weighted by molar-refractivity contribution is -0.116. The molecule has 2 N–H and O–H groups in total. The number of allylic oxidation sites excluding steroid dienone is 1. The topological polar surface area (TPSA) is 53.0 Å². The average Bonchev–Trinajstić information content (AvgIpc) is 1.97. The number of nitrogens with one attached hydrogen (secondary N) is 2. The second kappa shape index (κ2) is 5.92. The molecular formula is C7H11ClN2O. The average molecular weight is 175 g/mol. The van der Waals surface area contributed by atoms with Crippen LogP contribution in [0.5, 0.6) is 0 Å². The monoisotopic (exact) mass is 174 g/mol. The van der Waals surface area contributed by atoms with Gasteiger partial charge in [-0.05, 0) is 12.5 Å². The highest BCUT2D eigenvalue weighted by atomic mass is 35.5. The van der Waals surface area contributed by atoms with Gasteiger partial charge >= 0.3 is 0 Å². The molecule has 0 rings (SSSR count). The smallest absolute Gasteiger partial charge is 0.244 e. The third-order valence-corrected chi connectivity index (χ3v) is 1.06. The Hall–Kier alpha value is -0.830. The summed E-state index contributed by atoms with van der Waals surface area (Å²) in [5.41, 5.74) is 0. The lowest BCUT2D eigenvalue weighted by Crippen LogP contribution is -2.21. The Morgan fingerprint density at radius 1 is 1.64 bits per heavy atom. The zero-order valence-electron chi connectivity index (χ0n) is 6.36. The van der Waals surface area contributed by atoms with Crippen molar-refractivity contribution in [2.24, 2.45) is 0 Å². The number of carbonyl (C=O) groups is 1. The van der Waals surface area contributed by atoms with Gasteiger partial charge in [0.05, 0.1) is 0 Å². The predicted octanol–water partition coefficient (Wildman–Crippen LogP) is 1.28. The number of amides is 1. The van der Waals surface area contributed by atoms with Gasteiger partial charge in [0.1, 0.15) is 5.17 Å². The van der Waals surface area contributed by atoms with Crippen LogP contribution >= 0.6 is 11.6 Å². The van der Waals surface area contributed by atoms with Gasteiger partial charge in [-0.15, -0.1) is 0 Å². The van der Waals surface area contributed by atoms with E-state index in [4.69, 9.17) is 17.0 Å². The van der Waals surface area contributed by atoms with Crippen molar-refractivity contribution in [3.63, 3.8) is 0 Å². The molecule has 11 heavy (non-hydrogen) atoms. The summed E-state index contributed by atoms with van der Waals surface area (Å²) in [4.78, 5) is 10.8. The minimum absolute atomic E-state index is 0.142. The van der Waals surface area contributed by atoms with Crippen LogP contribution in [0.4, 0.5) is 0 Å². The van der Waals surface area contributed by atoms with E-state index in [1.165, 1.54) is 12.2 Å². The molecule has 0 aliphatic rings. The predicted molar refractivity (Wildman–Crippen MR) is 46.0 cm³/mol. The van der Waals surface area contributed by atoms with Gasteiger partial charge in [-0.3, -0.25) is 10.2 Å². The van der Waals surface area contributed by atoms with Crippen LogP contribution in [0.15, 0.2) is 12.2 Å². The van der Waals surface area contributed by atoms with E-state index in [0.29, 0.717) is 6.54 Å². The van der Waals surface area contributed by atoms with Gasteiger partial charge in [-0.25, -0.2) is 0 Å². The number of carbonyl (C=O) groups excluding carboxylic acids is 1. The van der Waals surface area contributed by atoms with Crippen molar-refractivity contribution in [2.75, 3.05) is 6.54 Å². The van der Waals surface area contributed by atoms with Gasteiger partial charge in [-0.1, -0.05) is 18.5 Å². The molecule has 4 heteroatoms. The molecule has 0 aromatic rings. The molecule has 62 valence electrons. The minimum atomic E-state index is -0.211. The van der Waals surface area contributed by atoms with E-state index in [1.807, 2.05) is 6.92 Å². The van der Waals surface area contributed by atoms with E-state index in [2.05, 4.69) is 5.32 Å². The molecule has 0 saturated carbocycles. The van der Waals surface area contributed by atoms with Crippen molar-refractivity contribution >= 4 is 22.7 Å². The zero-order chi connectivity index (χ0) is 8.69. The highest BCUT2D eigenvalue weighted by Gasteiger charge is 1.91. The lowest BCUT2D eigenvalue weighted by atomic mass is 10.4. The number of rotatable bonds is 4. The summed E-state index contributed by atoms with van der Waals surface area (Å²) in [6, 6.07) is 0. The van der Waals surface area contributed by atoms with Gasteiger partial charge in [-0.2, -0.15) is 0 Å². The Labute approximate surface area is 70.9 Å². The standard InChI is InChI=1S/C7H11ClN2O/c1-2-5-10-7(11)4-3-6(8)9/h3-4,9H,2,5H2,1H3,(H,10,11)/b4-3-,9-6?. The highest BCUT2D eigenvalue weighted by Crippen LogP contribution is 1.83. The van der Waals surface area contributed by atoms with Crippen molar-refractivity contribution in [3.8, 4) is 0 Å². The molecule has 3 nitrogen and oxygen atoms in total. The van der Waals surface area contributed by atoms with Crippen LogP contribution in [0.2, 0.25) is 0 Å². The molecule has 0 aliphatic carbocycles. The van der Waals surface area contributed by atoms with E-state index in [1.54, 1.807) is 0 Å². The molecule has 0 atom stereocenters. The van der Waals surface area contributed by atoms with Crippen LogP contribution in [-0.4, -0.2) is 17.6 Å². The van der Waals surface area contributed by atoms with E-state index in [-0.39, 0.29) is 11.1 Å². The first-order chi connectivity index (χ1) is 5.16. The fourth-order valence-corrected chi connectivity index (χ4v) is 0.519. The summed E-state index contributed by atoms with van der Waals surface area (Å²) in [7, 11) is 0. The summed E-state index contributed by atoms with van der Waals surface area (Å²) >= 11 is 5.17. The SMILES string of the molecule is CCCNC(=O)/C=C\C(=N)Cl. The first-order valence-corrected chi connectivity index (χ1v) is 3.74. The van der Waals surface area contributed by atoms with Crippen LogP contribution in [0.3, 0.4) is 0 Å². The first-order valence-electron chi connectivity index (χ1n) is 3.36. The number of hydrogen-bond donors (Lipinski definition) is 2. The van der Waals surface area contributed by atoms with Crippen LogP contribution in [-0.2, 0) is 4.79 Å². The Bertz CT molecular complexity index is 177. The molecule has 0 saturated heterocycles. The van der Waals surface area contributed by atoms with Crippen LogP contribution in [0.25, 0.3) is 0 Å². The number of hydrogen-bond acceptors (Lipinski definition) is 2. The molecule has 0 heterocycles. The van der Waals surface area contributed by atoms with Crippen LogP contribution in [0, 0.1) is 5.41 Å². The van der Waals surface area contributed by atoms with Crippen LogP contribution < -0.4 is 5.32 Å². The van der Waals surface area contributed by atoms with Gasteiger partial charge in [0.15, 0.2) is 0 Å². The molecule has 0 unspecified atom stereocenters. The molecule has 0 aromatic carbocycles. The van der Waals surface area contributed by atoms with Crippen LogP contribution in [0.1, 0.15) is 13.3 Å². The summed E-state index contributed by atoms with van der Waals surface area (Å²) in [6.07, 6.45) is 3.38. The maximum absolute atomic E-state index is 10.8. The van der Waals surface area contributed by atoms with Crippen molar-refractivity contribution in [1.29, 1.82) is 5.41 Å². The lowest BCUT2D eigenvalue weighted by Gasteiger charge is -1.95. The van der Waals surface area contributed by atoms with Gasteiger partial charge in [0, 0.05) is 12.6 Å². The van der Waals surface area contributed by atoms with E-state index in [0.717, 1.165) is 6.42 Å². The first kappa shape index (κ1) is 10.2. The summed E-state index contributed by atoms with van der Waals surface area (Å²) in [5, 5.41) is 9.23. The Morgan fingerprint density at radius 2 is 2.27 bits per heavy atom. The molecule has 1 amide bonds. The second-order valence-electron chi connectivity index (χ2n) is 1.97. The third kappa shape index (κ3) is 7.06. The minimum Gasteiger partial charge on any atom is -0.353 e.